The third kappa shape index (κ3) is 3.03. The van der Waals surface area contributed by atoms with Crippen molar-refractivity contribution in [2.75, 3.05) is 0 Å². The van der Waals surface area contributed by atoms with Gasteiger partial charge in [0.05, 0.1) is 18.3 Å². The predicted molar refractivity (Wildman–Crippen MR) is 109 cm³/mol. The topological polar surface area (TPSA) is 29.5 Å². The van der Waals surface area contributed by atoms with E-state index in [2.05, 4.69) is 13.8 Å². The lowest BCUT2D eigenvalue weighted by Crippen LogP contribution is -2.54. The standard InChI is InChI=1S/C25H42O2/c1-24-14-12-19(27-18-6-4-3-5-7-18)16-17(24)8-9-20-21-10-11-23(26)25(21,2)15-13-22(20)24/h17-23,26H,3-16H2,1-2H3/t17-,19?,20?,21?,22?,23?,24-,25-/m0/s1. The van der Waals surface area contributed by atoms with E-state index in [-0.39, 0.29) is 11.5 Å². The third-order valence-corrected chi connectivity index (χ3v) is 10.5. The molecule has 5 aliphatic rings. The molecular formula is C25H42O2. The number of hydrogen-bond acceptors (Lipinski definition) is 2. The molecule has 0 aromatic heterocycles. The average Bonchev–Trinajstić information content (AvgIpc) is 2.98. The number of fused-ring (bicyclic) bond motifs is 5. The maximum Gasteiger partial charge on any atom is 0.0596 e. The van der Waals surface area contributed by atoms with Gasteiger partial charge in [0.1, 0.15) is 0 Å². The van der Waals surface area contributed by atoms with Crippen molar-refractivity contribution in [2.45, 2.75) is 122 Å². The minimum absolute atomic E-state index is 0.0337. The maximum atomic E-state index is 10.6. The van der Waals surface area contributed by atoms with Crippen LogP contribution in [0.3, 0.4) is 0 Å². The molecule has 8 atom stereocenters. The zero-order valence-corrected chi connectivity index (χ0v) is 17.8. The SMILES string of the molecule is C[C@]12CCC3C(CC[C@H]4CC(OC5CCCCC5)CC[C@]34C)C1CCC2O. The molecule has 154 valence electrons. The first-order valence-corrected chi connectivity index (χ1v) is 12.3. The summed E-state index contributed by atoms with van der Waals surface area (Å²) in [7, 11) is 0. The molecule has 0 heterocycles. The number of aliphatic hydroxyl groups is 1. The second-order valence-electron chi connectivity index (χ2n) is 11.6. The molecule has 1 N–H and O–H groups in total. The lowest BCUT2D eigenvalue weighted by molar-refractivity contribution is -0.149. The van der Waals surface area contributed by atoms with E-state index in [4.69, 9.17) is 4.74 Å². The monoisotopic (exact) mass is 374 g/mol. The molecule has 0 saturated heterocycles. The van der Waals surface area contributed by atoms with Crippen molar-refractivity contribution in [2.24, 2.45) is 34.5 Å². The van der Waals surface area contributed by atoms with Crippen LogP contribution in [-0.4, -0.2) is 23.4 Å². The molecule has 5 unspecified atom stereocenters. The summed E-state index contributed by atoms with van der Waals surface area (Å²) >= 11 is 0. The van der Waals surface area contributed by atoms with Crippen molar-refractivity contribution in [3.05, 3.63) is 0 Å². The summed E-state index contributed by atoms with van der Waals surface area (Å²) in [5.74, 6) is 3.48. The van der Waals surface area contributed by atoms with E-state index in [0.29, 0.717) is 17.6 Å². The van der Waals surface area contributed by atoms with E-state index in [1.807, 2.05) is 0 Å². The Morgan fingerprint density at radius 3 is 2.26 bits per heavy atom. The van der Waals surface area contributed by atoms with Crippen molar-refractivity contribution in [1.82, 2.24) is 0 Å². The van der Waals surface area contributed by atoms with E-state index in [1.165, 1.54) is 83.5 Å². The highest BCUT2D eigenvalue weighted by molar-refractivity contribution is 5.09. The van der Waals surface area contributed by atoms with E-state index >= 15 is 0 Å². The normalized spacial score (nSPS) is 53.4. The molecule has 0 aliphatic heterocycles. The smallest absolute Gasteiger partial charge is 0.0596 e. The van der Waals surface area contributed by atoms with Crippen molar-refractivity contribution < 1.29 is 9.84 Å². The van der Waals surface area contributed by atoms with Gasteiger partial charge in [0, 0.05) is 0 Å². The van der Waals surface area contributed by atoms with E-state index < -0.39 is 0 Å². The van der Waals surface area contributed by atoms with Crippen LogP contribution in [0.15, 0.2) is 0 Å². The predicted octanol–water partition coefficient (Wildman–Crippen LogP) is 6.11. The molecule has 0 aromatic carbocycles. The average molecular weight is 375 g/mol. The van der Waals surface area contributed by atoms with Crippen molar-refractivity contribution >= 4 is 0 Å². The van der Waals surface area contributed by atoms with E-state index in [0.717, 1.165) is 30.1 Å². The van der Waals surface area contributed by atoms with Gasteiger partial charge in [-0.1, -0.05) is 33.1 Å². The van der Waals surface area contributed by atoms with E-state index in [1.54, 1.807) is 0 Å². The fourth-order valence-corrected chi connectivity index (χ4v) is 8.79. The summed E-state index contributed by atoms with van der Waals surface area (Å²) in [4.78, 5) is 0. The Kier molecular flexibility index (Phi) is 4.91. The van der Waals surface area contributed by atoms with Gasteiger partial charge in [-0.25, -0.2) is 0 Å². The molecule has 5 saturated carbocycles. The molecule has 0 aromatic rings. The molecule has 2 heteroatoms. The zero-order chi connectivity index (χ0) is 18.6. The van der Waals surface area contributed by atoms with Crippen LogP contribution in [0.1, 0.15) is 104 Å². The minimum Gasteiger partial charge on any atom is -0.393 e. The molecule has 0 radical (unpaired) electrons. The molecule has 5 aliphatic carbocycles. The van der Waals surface area contributed by atoms with Gasteiger partial charge < -0.3 is 9.84 Å². The Balaban J connectivity index is 1.27. The lowest BCUT2D eigenvalue weighted by Gasteiger charge is -2.61. The van der Waals surface area contributed by atoms with Gasteiger partial charge in [0.25, 0.3) is 0 Å². The van der Waals surface area contributed by atoms with Crippen LogP contribution in [0.5, 0.6) is 0 Å². The Bertz CT molecular complexity index is 540. The van der Waals surface area contributed by atoms with Crippen LogP contribution in [0.2, 0.25) is 0 Å². The highest BCUT2D eigenvalue weighted by Crippen LogP contribution is 2.66. The molecule has 0 spiro atoms. The molecule has 0 amide bonds. The largest absolute Gasteiger partial charge is 0.393 e. The lowest BCUT2D eigenvalue weighted by atomic mass is 9.45. The van der Waals surface area contributed by atoms with Crippen LogP contribution in [-0.2, 0) is 4.74 Å². The van der Waals surface area contributed by atoms with Gasteiger partial charge in [-0.2, -0.15) is 0 Å². The van der Waals surface area contributed by atoms with Gasteiger partial charge >= 0.3 is 0 Å². The van der Waals surface area contributed by atoms with Crippen LogP contribution in [0, 0.1) is 34.5 Å². The van der Waals surface area contributed by atoms with Crippen LogP contribution < -0.4 is 0 Å². The number of hydrogen-bond donors (Lipinski definition) is 1. The quantitative estimate of drug-likeness (QED) is 0.632. The minimum atomic E-state index is -0.0337. The van der Waals surface area contributed by atoms with Crippen molar-refractivity contribution in [3.63, 3.8) is 0 Å². The van der Waals surface area contributed by atoms with Crippen molar-refractivity contribution in [3.8, 4) is 0 Å². The third-order valence-electron chi connectivity index (χ3n) is 10.5. The van der Waals surface area contributed by atoms with Crippen molar-refractivity contribution in [1.29, 1.82) is 0 Å². The molecule has 27 heavy (non-hydrogen) atoms. The van der Waals surface area contributed by atoms with Gasteiger partial charge in [-0.3, -0.25) is 0 Å². The van der Waals surface area contributed by atoms with Crippen LogP contribution in [0.25, 0.3) is 0 Å². The number of ether oxygens (including phenoxy) is 1. The highest BCUT2D eigenvalue weighted by atomic mass is 16.5. The Hall–Kier alpha value is -0.0800. The first-order valence-electron chi connectivity index (χ1n) is 12.3. The fourth-order valence-electron chi connectivity index (χ4n) is 8.79. The van der Waals surface area contributed by atoms with Crippen LogP contribution >= 0.6 is 0 Å². The fraction of sp³-hybridized carbons (Fsp3) is 1.00. The molecule has 5 rings (SSSR count). The molecular weight excluding hydrogens is 332 g/mol. The first-order chi connectivity index (χ1) is 13.0. The number of rotatable bonds is 2. The first kappa shape index (κ1) is 18.9. The zero-order valence-electron chi connectivity index (χ0n) is 17.8. The second kappa shape index (κ2) is 7.01. The number of aliphatic hydroxyl groups excluding tert-OH is 1. The summed E-state index contributed by atoms with van der Waals surface area (Å²) in [6.45, 7) is 5.06. The summed E-state index contributed by atoms with van der Waals surface area (Å²) in [6.07, 6.45) is 19.7. The van der Waals surface area contributed by atoms with Gasteiger partial charge in [0.2, 0.25) is 0 Å². The second-order valence-corrected chi connectivity index (χ2v) is 11.6. The van der Waals surface area contributed by atoms with E-state index in [9.17, 15) is 5.11 Å². The Labute approximate surface area is 166 Å². The summed E-state index contributed by atoms with van der Waals surface area (Å²) in [6, 6.07) is 0. The highest BCUT2D eigenvalue weighted by Gasteiger charge is 2.60. The maximum absolute atomic E-state index is 10.6. The summed E-state index contributed by atoms with van der Waals surface area (Å²) in [5.41, 5.74) is 0.774. The van der Waals surface area contributed by atoms with Gasteiger partial charge in [0.15, 0.2) is 0 Å². The van der Waals surface area contributed by atoms with Gasteiger partial charge in [-0.15, -0.1) is 0 Å². The van der Waals surface area contributed by atoms with Crippen LogP contribution in [0.4, 0.5) is 0 Å². The molecule has 2 nitrogen and oxygen atoms in total. The Morgan fingerprint density at radius 1 is 0.704 bits per heavy atom. The molecule has 5 fully saturated rings. The van der Waals surface area contributed by atoms with Gasteiger partial charge in [-0.05, 0) is 105 Å². The Morgan fingerprint density at radius 2 is 1.44 bits per heavy atom. The summed E-state index contributed by atoms with van der Waals surface area (Å²) < 4.78 is 6.63. The molecule has 0 bridgehead atoms. The summed E-state index contributed by atoms with van der Waals surface area (Å²) in [5, 5.41) is 10.6.